The first kappa shape index (κ1) is 23.0. The Morgan fingerprint density at radius 2 is 1.74 bits per heavy atom. The fraction of sp³-hybridized carbons (Fsp3) is 0.385. The van der Waals surface area contributed by atoms with E-state index < -0.39 is 5.92 Å². The number of nitrogens with zero attached hydrogens (tertiary/aromatic N) is 1. The number of nitrogens with one attached hydrogen (secondary N) is 1. The number of aliphatic hydroxyl groups is 1. The van der Waals surface area contributed by atoms with Gasteiger partial charge in [0.15, 0.2) is 0 Å². The monoisotopic (exact) mass is 426 g/mol. The molecular weight excluding hydrogens is 394 g/mol. The number of allylic oxidation sites excluding steroid dienone is 2. The van der Waals surface area contributed by atoms with Crippen LogP contribution in [0.25, 0.3) is 11.1 Å². The van der Waals surface area contributed by atoms with Gasteiger partial charge in [-0.05, 0) is 48.1 Å². The van der Waals surface area contributed by atoms with Crippen molar-refractivity contribution in [3.05, 3.63) is 83.2 Å². The largest absolute Gasteiger partial charge is 0.396 e. The van der Waals surface area contributed by atoms with Crippen LogP contribution >= 0.6 is 0 Å². The summed E-state index contributed by atoms with van der Waals surface area (Å²) in [6, 6.07) is 17.1. The topological polar surface area (TPSA) is 35.5 Å². The third-order valence-corrected chi connectivity index (χ3v) is 5.97. The number of hydrogen-bond acceptors (Lipinski definition) is 3. The molecule has 0 fully saturated rings. The van der Waals surface area contributed by atoms with E-state index in [1.807, 2.05) is 30.3 Å². The molecule has 3 nitrogen and oxygen atoms in total. The number of alkyl halides is 2. The molecule has 1 heterocycles. The first-order valence-corrected chi connectivity index (χ1v) is 10.9. The van der Waals surface area contributed by atoms with Crippen molar-refractivity contribution in [1.29, 1.82) is 0 Å². The second kappa shape index (κ2) is 10.1. The quantitative estimate of drug-likeness (QED) is 0.537. The van der Waals surface area contributed by atoms with Crippen LogP contribution in [-0.4, -0.2) is 36.2 Å². The molecule has 2 N–H and O–H groups in total. The van der Waals surface area contributed by atoms with E-state index >= 15 is 0 Å². The molecule has 2 aromatic carbocycles. The molecule has 1 unspecified atom stereocenters. The standard InChI is InChI=1S/C26H32F2N2O/c1-4-26(27,28)22-13-11-21(12-14-22)23-17-19(2)30(3)25(29-15-8-16-31)18-24(23)20-9-6-5-7-10-20/h5-7,9-14,18-19,29,31H,4,8,15-17H2,1-3H3. The van der Waals surface area contributed by atoms with E-state index in [0.717, 1.165) is 34.5 Å². The minimum Gasteiger partial charge on any atom is -0.396 e. The van der Waals surface area contributed by atoms with Gasteiger partial charge in [-0.15, -0.1) is 0 Å². The molecule has 5 heteroatoms. The Kier molecular flexibility index (Phi) is 7.50. The fourth-order valence-corrected chi connectivity index (χ4v) is 3.84. The molecule has 1 atom stereocenters. The summed E-state index contributed by atoms with van der Waals surface area (Å²) in [5, 5.41) is 12.6. The molecule has 3 rings (SSSR count). The van der Waals surface area contributed by atoms with Crippen LogP contribution in [0.1, 0.15) is 49.8 Å². The normalized spacial score (nSPS) is 17.4. The maximum absolute atomic E-state index is 14.1. The lowest BCUT2D eigenvalue weighted by Gasteiger charge is -2.29. The lowest BCUT2D eigenvalue weighted by atomic mass is 9.90. The highest BCUT2D eigenvalue weighted by Gasteiger charge is 2.29. The van der Waals surface area contributed by atoms with Gasteiger partial charge in [-0.1, -0.05) is 61.5 Å². The average Bonchev–Trinajstić information content (AvgIpc) is 2.92. The van der Waals surface area contributed by atoms with Crippen molar-refractivity contribution in [2.45, 2.75) is 45.1 Å². The number of aliphatic hydroxyl groups excluding tert-OH is 1. The van der Waals surface area contributed by atoms with Crippen LogP contribution in [0, 0.1) is 0 Å². The summed E-state index contributed by atoms with van der Waals surface area (Å²) >= 11 is 0. The van der Waals surface area contributed by atoms with Crippen LogP contribution in [0.4, 0.5) is 8.78 Å². The van der Waals surface area contributed by atoms with Gasteiger partial charge in [0.2, 0.25) is 0 Å². The van der Waals surface area contributed by atoms with Gasteiger partial charge < -0.3 is 15.3 Å². The molecule has 0 aliphatic carbocycles. The van der Waals surface area contributed by atoms with Crippen LogP contribution in [0.3, 0.4) is 0 Å². The molecular formula is C26H32F2N2O. The summed E-state index contributed by atoms with van der Waals surface area (Å²) in [6.07, 6.45) is 3.38. The molecule has 2 aromatic rings. The summed E-state index contributed by atoms with van der Waals surface area (Å²) < 4.78 is 28.2. The van der Waals surface area contributed by atoms with Gasteiger partial charge in [-0.25, -0.2) is 8.78 Å². The molecule has 0 amide bonds. The third kappa shape index (κ3) is 5.34. The summed E-state index contributed by atoms with van der Waals surface area (Å²) in [4.78, 5) is 2.20. The fourth-order valence-electron chi connectivity index (χ4n) is 3.84. The van der Waals surface area contributed by atoms with Crippen molar-refractivity contribution < 1.29 is 13.9 Å². The first-order chi connectivity index (χ1) is 14.9. The van der Waals surface area contributed by atoms with Gasteiger partial charge in [0.25, 0.3) is 5.92 Å². The molecule has 0 radical (unpaired) electrons. The average molecular weight is 427 g/mol. The van der Waals surface area contributed by atoms with E-state index in [1.165, 1.54) is 6.92 Å². The number of halogens is 2. The molecule has 0 saturated carbocycles. The highest BCUT2D eigenvalue weighted by molar-refractivity contribution is 5.96. The number of benzene rings is 2. The van der Waals surface area contributed by atoms with E-state index in [1.54, 1.807) is 12.1 Å². The Morgan fingerprint density at radius 3 is 2.35 bits per heavy atom. The second-order valence-electron chi connectivity index (χ2n) is 8.09. The highest BCUT2D eigenvalue weighted by Crippen LogP contribution is 2.37. The lowest BCUT2D eigenvalue weighted by molar-refractivity contribution is -0.00828. The predicted octanol–water partition coefficient (Wildman–Crippen LogP) is 5.64. The zero-order valence-electron chi connectivity index (χ0n) is 18.5. The van der Waals surface area contributed by atoms with Crippen molar-refractivity contribution in [3.8, 4) is 0 Å². The minimum atomic E-state index is -2.81. The van der Waals surface area contributed by atoms with Gasteiger partial charge >= 0.3 is 0 Å². The van der Waals surface area contributed by atoms with Crippen molar-refractivity contribution in [2.75, 3.05) is 20.2 Å². The molecule has 0 saturated heterocycles. The van der Waals surface area contributed by atoms with E-state index in [4.69, 9.17) is 5.11 Å². The predicted molar refractivity (Wildman–Crippen MR) is 124 cm³/mol. The Bertz CT molecular complexity index is 920. The van der Waals surface area contributed by atoms with Crippen LogP contribution in [-0.2, 0) is 5.92 Å². The van der Waals surface area contributed by atoms with Gasteiger partial charge in [-0.3, -0.25) is 0 Å². The highest BCUT2D eigenvalue weighted by atomic mass is 19.3. The van der Waals surface area contributed by atoms with Crippen LogP contribution in [0.5, 0.6) is 0 Å². The Balaban J connectivity index is 2.10. The molecule has 1 aliphatic rings. The summed E-state index contributed by atoms with van der Waals surface area (Å²) in [6.45, 7) is 4.48. The van der Waals surface area contributed by atoms with Crippen molar-refractivity contribution in [3.63, 3.8) is 0 Å². The SMILES string of the molecule is CCC(F)(F)c1ccc(C2=C(c3ccccc3)C=C(NCCCO)N(C)C(C)C2)cc1. The zero-order chi connectivity index (χ0) is 22.4. The number of rotatable bonds is 8. The Hall–Kier alpha value is -2.66. The molecule has 1 aliphatic heterocycles. The van der Waals surface area contributed by atoms with Gasteiger partial charge in [0, 0.05) is 38.2 Å². The second-order valence-corrected chi connectivity index (χ2v) is 8.09. The van der Waals surface area contributed by atoms with Gasteiger partial charge in [0.05, 0.1) is 0 Å². The third-order valence-electron chi connectivity index (χ3n) is 5.97. The van der Waals surface area contributed by atoms with Crippen LogP contribution in [0.2, 0.25) is 0 Å². The van der Waals surface area contributed by atoms with E-state index in [2.05, 4.69) is 42.4 Å². The van der Waals surface area contributed by atoms with Crippen LogP contribution in [0.15, 0.2) is 66.5 Å². The molecule has 31 heavy (non-hydrogen) atoms. The van der Waals surface area contributed by atoms with E-state index in [-0.39, 0.29) is 24.6 Å². The Labute approximate surface area is 184 Å². The smallest absolute Gasteiger partial charge is 0.273 e. The van der Waals surface area contributed by atoms with Crippen molar-refractivity contribution in [2.24, 2.45) is 0 Å². The van der Waals surface area contributed by atoms with Crippen LogP contribution < -0.4 is 5.32 Å². The van der Waals surface area contributed by atoms with E-state index in [9.17, 15) is 8.78 Å². The lowest BCUT2D eigenvalue weighted by Crippen LogP contribution is -2.35. The first-order valence-electron chi connectivity index (χ1n) is 10.9. The summed E-state index contributed by atoms with van der Waals surface area (Å²) in [7, 11) is 2.05. The maximum Gasteiger partial charge on any atom is 0.273 e. The number of hydrogen-bond donors (Lipinski definition) is 2. The molecule has 166 valence electrons. The minimum absolute atomic E-state index is 0.0568. The molecule has 0 aromatic heterocycles. The zero-order valence-corrected chi connectivity index (χ0v) is 18.5. The molecule has 0 spiro atoms. The van der Waals surface area contributed by atoms with Gasteiger partial charge in [-0.2, -0.15) is 0 Å². The Morgan fingerprint density at radius 1 is 1.06 bits per heavy atom. The summed E-state index contributed by atoms with van der Waals surface area (Å²) in [5.41, 5.74) is 4.32. The van der Waals surface area contributed by atoms with Crippen molar-refractivity contribution >= 4 is 11.1 Å². The molecule has 0 bridgehead atoms. The van der Waals surface area contributed by atoms with Crippen molar-refractivity contribution in [1.82, 2.24) is 10.2 Å². The van der Waals surface area contributed by atoms with Gasteiger partial charge in [0.1, 0.15) is 5.82 Å². The summed E-state index contributed by atoms with van der Waals surface area (Å²) in [5.74, 6) is -1.82. The van der Waals surface area contributed by atoms with E-state index in [0.29, 0.717) is 13.0 Å². The maximum atomic E-state index is 14.1.